The number of H-pyrrole nitrogens is 2. The van der Waals surface area contributed by atoms with E-state index in [-0.39, 0.29) is 0 Å². The van der Waals surface area contributed by atoms with E-state index in [0.717, 1.165) is 33.8 Å². The monoisotopic (exact) mass is 330 g/mol. The Kier molecular flexibility index (Phi) is 2.75. The molecule has 0 unspecified atom stereocenters. The van der Waals surface area contributed by atoms with E-state index < -0.39 is 0 Å². The zero-order chi connectivity index (χ0) is 17.0. The largest absolute Gasteiger partial charge is 0.335 e. The molecule has 0 radical (unpaired) electrons. The number of hydrogen-bond acceptors (Lipinski definition) is 5. The summed E-state index contributed by atoms with van der Waals surface area (Å²) in [5.74, 6) is 1.58. The number of nitrogens with one attached hydrogen (secondary N) is 2. The Labute approximate surface area is 142 Å². The van der Waals surface area contributed by atoms with Gasteiger partial charge in [-0.15, -0.1) is 0 Å². The topological polar surface area (TPSA) is 101 Å². The van der Waals surface area contributed by atoms with E-state index in [1.807, 2.05) is 49.0 Å². The molecule has 0 atom stereocenters. The number of rotatable bonds is 2. The minimum atomic E-state index is 0.644. The predicted octanol–water partition coefficient (Wildman–Crippen LogP) is 2.61. The quantitative estimate of drug-likeness (QED) is 0.518. The molecule has 0 aliphatic rings. The molecule has 8 nitrogen and oxygen atoms in total. The number of aryl methyl sites for hydroxylation is 1. The van der Waals surface area contributed by atoms with Gasteiger partial charge in [-0.2, -0.15) is 5.10 Å². The molecule has 0 saturated carbocycles. The number of imidazole rings is 2. The average Bonchev–Trinajstić information content (AvgIpc) is 3.31. The zero-order valence-electron chi connectivity index (χ0n) is 13.6. The fourth-order valence-electron chi connectivity index (χ4n) is 2.90. The molecule has 0 aromatic carbocycles. The first-order valence-corrected chi connectivity index (χ1v) is 7.85. The van der Waals surface area contributed by atoms with E-state index >= 15 is 0 Å². The second-order valence-electron chi connectivity index (χ2n) is 5.87. The molecule has 0 aliphatic carbocycles. The molecule has 5 heterocycles. The van der Waals surface area contributed by atoms with Gasteiger partial charge in [0.05, 0.1) is 28.6 Å². The standard InChI is InChI=1S/C17H14N8/c1-9-19-8-13(25(9)2)10-5-6-11-14(20-10)15(24-23-11)17-21-12-4-3-7-18-16(12)22-17/h3-8H,1-2H3,(H,23,24)(H,18,21,22). The Hall–Kier alpha value is -3.55. The highest BCUT2D eigenvalue weighted by atomic mass is 15.2. The highest BCUT2D eigenvalue weighted by molar-refractivity contribution is 5.90. The van der Waals surface area contributed by atoms with Crippen LogP contribution in [-0.4, -0.2) is 39.7 Å². The molecule has 2 N–H and O–H groups in total. The van der Waals surface area contributed by atoms with E-state index in [1.54, 1.807) is 6.20 Å². The van der Waals surface area contributed by atoms with Crippen molar-refractivity contribution in [3.05, 3.63) is 42.5 Å². The predicted molar refractivity (Wildman–Crippen MR) is 93.7 cm³/mol. The molecule has 5 aromatic heterocycles. The van der Waals surface area contributed by atoms with Crippen LogP contribution in [0.1, 0.15) is 5.82 Å². The number of hydrogen-bond donors (Lipinski definition) is 2. The van der Waals surface area contributed by atoms with Crippen molar-refractivity contribution in [1.29, 1.82) is 0 Å². The first-order valence-electron chi connectivity index (χ1n) is 7.85. The molecule has 0 saturated heterocycles. The maximum absolute atomic E-state index is 4.79. The van der Waals surface area contributed by atoms with Crippen molar-refractivity contribution in [2.45, 2.75) is 6.92 Å². The molecule has 5 aromatic rings. The Bertz CT molecular complexity index is 1190. The van der Waals surface area contributed by atoms with Gasteiger partial charge in [0.1, 0.15) is 11.3 Å². The van der Waals surface area contributed by atoms with Crippen molar-refractivity contribution >= 4 is 22.2 Å². The number of pyridine rings is 2. The number of aromatic nitrogens is 8. The summed E-state index contributed by atoms with van der Waals surface area (Å²) in [4.78, 5) is 21.2. The molecule has 5 rings (SSSR count). The fourth-order valence-corrected chi connectivity index (χ4v) is 2.90. The molecule has 0 bridgehead atoms. The van der Waals surface area contributed by atoms with Gasteiger partial charge in [0, 0.05) is 13.2 Å². The molecule has 0 aliphatic heterocycles. The lowest BCUT2D eigenvalue weighted by atomic mass is 10.2. The first-order chi connectivity index (χ1) is 12.2. The zero-order valence-corrected chi connectivity index (χ0v) is 13.6. The van der Waals surface area contributed by atoms with Crippen LogP contribution in [0.15, 0.2) is 36.7 Å². The fraction of sp³-hybridized carbons (Fsp3) is 0.118. The number of nitrogens with zero attached hydrogens (tertiary/aromatic N) is 6. The highest BCUT2D eigenvalue weighted by Crippen LogP contribution is 2.27. The third kappa shape index (κ3) is 2.04. The number of fused-ring (bicyclic) bond motifs is 2. The second-order valence-corrected chi connectivity index (χ2v) is 5.87. The van der Waals surface area contributed by atoms with Crippen molar-refractivity contribution < 1.29 is 0 Å². The summed E-state index contributed by atoms with van der Waals surface area (Å²) in [6.07, 6.45) is 3.55. The van der Waals surface area contributed by atoms with Crippen LogP contribution in [0.5, 0.6) is 0 Å². The van der Waals surface area contributed by atoms with Gasteiger partial charge in [0.25, 0.3) is 0 Å². The third-order valence-corrected chi connectivity index (χ3v) is 4.37. The van der Waals surface area contributed by atoms with Gasteiger partial charge >= 0.3 is 0 Å². The number of aromatic amines is 2. The maximum atomic E-state index is 4.79. The van der Waals surface area contributed by atoms with E-state index in [0.29, 0.717) is 17.2 Å². The van der Waals surface area contributed by atoms with Gasteiger partial charge in [-0.3, -0.25) is 5.10 Å². The summed E-state index contributed by atoms with van der Waals surface area (Å²) in [5, 5.41) is 7.41. The summed E-state index contributed by atoms with van der Waals surface area (Å²) in [6.45, 7) is 1.96. The molecule has 0 fully saturated rings. The van der Waals surface area contributed by atoms with Crippen molar-refractivity contribution in [1.82, 2.24) is 39.7 Å². The lowest BCUT2D eigenvalue weighted by molar-refractivity contribution is 0.862. The van der Waals surface area contributed by atoms with Crippen molar-refractivity contribution in [2.75, 3.05) is 0 Å². The van der Waals surface area contributed by atoms with Crippen LogP contribution in [0.25, 0.3) is 45.1 Å². The minimum Gasteiger partial charge on any atom is -0.335 e. The van der Waals surface area contributed by atoms with Crippen LogP contribution in [0, 0.1) is 6.92 Å². The lowest BCUT2D eigenvalue weighted by Gasteiger charge is -2.03. The van der Waals surface area contributed by atoms with Crippen LogP contribution >= 0.6 is 0 Å². The molecule has 0 amide bonds. The lowest BCUT2D eigenvalue weighted by Crippen LogP contribution is -1.96. The smallest absolute Gasteiger partial charge is 0.178 e. The van der Waals surface area contributed by atoms with Gasteiger partial charge in [-0.1, -0.05) is 0 Å². The van der Waals surface area contributed by atoms with Crippen LogP contribution < -0.4 is 0 Å². The van der Waals surface area contributed by atoms with E-state index in [4.69, 9.17) is 4.98 Å². The summed E-state index contributed by atoms with van der Waals surface area (Å²) >= 11 is 0. The summed E-state index contributed by atoms with van der Waals surface area (Å²) in [5.41, 5.74) is 5.61. The van der Waals surface area contributed by atoms with Gasteiger partial charge in [0.15, 0.2) is 17.2 Å². The van der Waals surface area contributed by atoms with Crippen LogP contribution in [0.3, 0.4) is 0 Å². The van der Waals surface area contributed by atoms with Crippen LogP contribution in [-0.2, 0) is 7.05 Å². The highest BCUT2D eigenvalue weighted by Gasteiger charge is 2.16. The van der Waals surface area contributed by atoms with Gasteiger partial charge in [-0.05, 0) is 31.2 Å². The molecule has 0 spiro atoms. The van der Waals surface area contributed by atoms with Crippen molar-refractivity contribution in [3.63, 3.8) is 0 Å². The van der Waals surface area contributed by atoms with Gasteiger partial charge < -0.3 is 9.55 Å². The summed E-state index contributed by atoms with van der Waals surface area (Å²) in [7, 11) is 1.98. The Morgan fingerprint density at radius 3 is 2.76 bits per heavy atom. The average molecular weight is 330 g/mol. The van der Waals surface area contributed by atoms with Gasteiger partial charge in [0.2, 0.25) is 0 Å². The van der Waals surface area contributed by atoms with E-state index in [1.165, 1.54) is 0 Å². The molecular weight excluding hydrogens is 316 g/mol. The first kappa shape index (κ1) is 13.8. The Morgan fingerprint density at radius 1 is 1.04 bits per heavy atom. The molecule has 25 heavy (non-hydrogen) atoms. The SMILES string of the molecule is Cc1ncc(-c2ccc3[nH]nc(-c4nc5ncccc5[nH]4)c3n2)n1C. The summed E-state index contributed by atoms with van der Waals surface area (Å²) < 4.78 is 2.01. The maximum Gasteiger partial charge on any atom is 0.178 e. The van der Waals surface area contributed by atoms with E-state index in [9.17, 15) is 0 Å². The van der Waals surface area contributed by atoms with Crippen LogP contribution in [0.4, 0.5) is 0 Å². The van der Waals surface area contributed by atoms with E-state index in [2.05, 4.69) is 30.1 Å². The normalized spacial score (nSPS) is 11.6. The third-order valence-electron chi connectivity index (χ3n) is 4.37. The minimum absolute atomic E-state index is 0.644. The molecule has 122 valence electrons. The molecule has 8 heteroatoms. The second kappa shape index (κ2) is 4.97. The van der Waals surface area contributed by atoms with Crippen molar-refractivity contribution in [2.24, 2.45) is 7.05 Å². The van der Waals surface area contributed by atoms with Crippen LogP contribution in [0.2, 0.25) is 0 Å². The Morgan fingerprint density at radius 2 is 1.96 bits per heavy atom. The Balaban J connectivity index is 1.71. The van der Waals surface area contributed by atoms with Crippen molar-refractivity contribution in [3.8, 4) is 22.9 Å². The summed E-state index contributed by atoms with van der Waals surface area (Å²) in [6, 6.07) is 7.73. The van der Waals surface area contributed by atoms with Gasteiger partial charge in [-0.25, -0.2) is 19.9 Å². The molecular formula is C17H14N8.